The molecule has 30 heavy (non-hydrogen) atoms. The molecule has 2 rings (SSSR count). The molecule has 0 aliphatic heterocycles. The number of carbonyl (C=O) groups is 1. The molecule has 0 unspecified atom stereocenters. The van der Waals surface area contributed by atoms with Gasteiger partial charge in [-0.2, -0.15) is 0 Å². The second-order valence-electron chi connectivity index (χ2n) is 10.1. The molecule has 1 amide bonds. The Hall–Kier alpha value is -1.17. The smallest absolute Gasteiger partial charge is 0.225 e. The fraction of sp³-hybridized carbons (Fsp3) is 0.800. The first-order chi connectivity index (χ1) is 14.1. The molecule has 5 atom stereocenters. The van der Waals surface area contributed by atoms with Crippen LogP contribution >= 0.6 is 0 Å². The highest BCUT2D eigenvalue weighted by atomic mass is 16.5. The van der Waals surface area contributed by atoms with Crippen LogP contribution in [0.4, 0.5) is 0 Å². The van der Waals surface area contributed by atoms with E-state index in [4.69, 9.17) is 4.74 Å². The van der Waals surface area contributed by atoms with Crippen LogP contribution in [0.3, 0.4) is 0 Å². The number of hydrogen-bond acceptors (Lipinski definition) is 4. The van der Waals surface area contributed by atoms with Gasteiger partial charge in [-0.1, -0.05) is 44.4 Å². The average molecular weight is 422 g/mol. The van der Waals surface area contributed by atoms with Gasteiger partial charge in [-0.05, 0) is 57.4 Å². The molecule has 0 radical (unpaired) electrons. The summed E-state index contributed by atoms with van der Waals surface area (Å²) in [6.07, 6.45) is 11.7. The highest BCUT2D eigenvalue weighted by Gasteiger charge is 2.43. The van der Waals surface area contributed by atoms with Crippen LogP contribution in [0.5, 0.6) is 0 Å². The number of nitrogens with zero attached hydrogens (tertiary/aromatic N) is 1. The Morgan fingerprint density at radius 3 is 2.77 bits per heavy atom. The van der Waals surface area contributed by atoms with Gasteiger partial charge in [0.1, 0.15) is 0 Å². The number of unbranched alkanes of at least 4 members (excludes halogenated alkanes) is 2. The van der Waals surface area contributed by atoms with Gasteiger partial charge in [0.15, 0.2) is 0 Å². The van der Waals surface area contributed by atoms with E-state index in [9.17, 15) is 15.0 Å². The fourth-order valence-electron chi connectivity index (χ4n) is 4.57. The number of fused-ring (bicyclic) bond motifs is 1. The number of rotatable bonds is 11. The van der Waals surface area contributed by atoms with Crippen LogP contribution < -0.4 is 0 Å². The van der Waals surface area contributed by atoms with E-state index in [1.54, 1.807) is 4.90 Å². The summed E-state index contributed by atoms with van der Waals surface area (Å²) in [7, 11) is 1.84. The van der Waals surface area contributed by atoms with E-state index in [-0.39, 0.29) is 23.5 Å². The number of ether oxygens (including phenoxy) is 1. The van der Waals surface area contributed by atoms with Gasteiger partial charge in [0.25, 0.3) is 0 Å². The molecule has 0 saturated heterocycles. The zero-order chi connectivity index (χ0) is 22.3. The minimum absolute atomic E-state index is 0.102. The van der Waals surface area contributed by atoms with Crippen molar-refractivity contribution in [3.05, 3.63) is 23.8 Å². The lowest BCUT2D eigenvalue weighted by molar-refractivity contribution is -0.135. The van der Waals surface area contributed by atoms with E-state index in [1.807, 2.05) is 40.0 Å². The molecule has 2 N–H and O–H groups in total. The van der Waals surface area contributed by atoms with E-state index in [1.165, 1.54) is 5.57 Å². The van der Waals surface area contributed by atoms with Crippen molar-refractivity contribution in [2.45, 2.75) is 90.4 Å². The quantitative estimate of drug-likeness (QED) is 0.389. The van der Waals surface area contributed by atoms with Crippen molar-refractivity contribution in [2.75, 3.05) is 20.3 Å². The maximum absolute atomic E-state index is 12.2. The minimum Gasteiger partial charge on any atom is -0.392 e. The minimum atomic E-state index is -0.413. The van der Waals surface area contributed by atoms with Crippen molar-refractivity contribution in [3.8, 4) is 0 Å². The Labute approximate surface area is 183 Å². The lowest BCUT2D eigenvalue weighted by atomic mass is 9.89. The molecule has 0 aromatic heterocycles. The molecule has 1 saturated carbocycles. The highest BCUT2D eigenvalue weighted by Crippen LogP contribution is 2.47. The van der Waals surface area contributed by atoms with Crippen LogP contribution in [0.1, 0.15) is 72.6 Å². The van der Waals surface area contributed by atoms with Crippen LogP contribution in [0, 0.1) is 17.8 Å². The molecule has 172 valence electrons. The largest absolute Gasteiger partial charge is 0.392 e. The van der Waals surface area contributed by atoms with Crippen LogP contribution in [0.15, 0.2) is 23.8 Å². The molecule has 5 heteroatoms. The first kappa shape index (κ1) is 25.1. The summed E-state index contributed by atoms with van der Waals surface area (Å²) in [4.78, 5) is 14.0. The molecule has 0 spiro atoms. The summed E-state index contributed by atoms with van der Waals surface area (Å²) >= 11 is 0. The first-order valence-corrected chi connectivity index (χ1v) is 11.7. The van der Waals surface area contributed by atoms with E-state index >= 15 is 0 Å². The Bertz CT molecular complexity index is 607. The molecular weight excluding hydrogens is 378 g/mol. The van der Waals surface area contributed by atoms with E-state index in [2.05, 4.69) is 13.0 Å². The predicted octanol–water partition coefficient (Wildman–Crippen LogP) is 4.09. The zero-order valence-electron chi connectivity index (χ0n) is 19.6. The van der Waals surface area contributed by atoms with Crippen molar-refractivity contribution >= 4 is 5.91 Å². The van der Waals surface area contributed by atoms with Gasteiger partial charge in [0.05, 0.1) is 31.8 Å². The Balaban J connectivity index is 1.75. The van der Waals surface area contributed by atoms with Crippen LogP contribution in [-0.4, -0.2) is 59.0 Å². The van der Waals surface area contributed by atoms with Crippen LogP contribution in [0.25, 0.3) is 0 Å². The van der Waals surface area contributed by atoms with E-state index < -0.39 is 6.10 Å². The number of aliphatic hydroxyl groups excluding tert-OH is 2. The molecule has 0 aromatic rings. The second-order valence-corrected chi connectivity index (χ2v) is 10.1. The van der Waals surface area contributed by atoms with E-state index in [0.717, 1.165) is 38.5 Å². The van der Waals surface area contributed by atoms with Gasteiger partial charge in [0, 0.05) is 18.5 Å². The molecule has 2 aliphatic rings. The van der Waals surface area contributed by atoms with Gasteiger partial charge in [-0.15, -0.1) is 0 Å². The molecule has 0 heterocycles. The molecule has 0 bridgehead atoms. The van der Waals surface area contributed by atoms with Crippen LogP contribution in [0.2, 0.25) is 0 Å². The van der Waals surface area contributed by atoms with Crippen LogP contribution in [-0.2, 0) is 9.53 Å². The van der Waals surface area contributed by atoms with Crippen molar-refractivity contribution in [1.29, 1.82) is 0 Å². The molecule has 0 aromatic carbocycles. The van der Waals surface area contributed by atoms with Crippen molar-refractivity contribution in [2.24, 2.45) is 17.8 Å². The van der Waals surface area contributed by atoms with E-state index in [0.29, 0.717) is 31.5 Å². The fourth-order valence-corrected chi connectivity index (χ4v) is 4.57. The lowest BCUT2D eigenvalue weighted by Gasteiger charge is -2.32. The zero-order valence-corrected chi connectivity index (χ0v) is 19.6. The lowest BCUT2D eigenvalue weighted by Crippen LogP contribution is -2.42. The van der Waals surface area contributed by atoms with Gasteiger partial charge in [-0.25, -0.2) is 0 Å². The van der Waals surface area contributed by atoms with Gasteiger partial charge >= 0.3 is 0 Å². The predicted molar refractivity (Wildman–Crippen MR) is 121 cm³/mol. The Morgan fingerprint density at radius 1 is 1.37 bits per heavy atom. The maximum atomic E-state index is 12.2. The third-order valence-electron chi connectivity index (χ3n) is 6.74. The second kappa shape index (κ2) is 11.4. The van der Waals surface area contributed by atoms with Gasteiger partial charge in [0.2, 0.25) is 5.91 Å². The first-order valence-electron chi connectivity index (χ1n) is 11.7. The number of carbonyl (C=O) groups excluding carboxylic acids is 1. The number of allylic oxidation sites excluding steroid dienone is 1. The van der Waals surface area contributed by atoms with Gasteiger partial charge in [-0.3, -0.25) is 4.79 Å². The summed E-state index contributed by atoms with van der Waals surface area (Å²) in [6.45, 7) is 9.23. The topological polar surface area (TPSA) is 70.0 Å². The summed E-state index contributed by atoms with van der Waals surface area (Å²) in [5, 5.41) is 20.6. The van der Waals surface area contributed by atoms with Crippen molar-refractivity contribution in [1.82, 2.24) is 4.90 Å². The number of amides is 1. The molecule has 2 aliphatic carbocycles. The average Bonchev–Trinajstić information content (AvgIpc) is 3.18. The summed E-state index contributed by atoms with van der Waals surface area (Å²) in [5.41, 5.74) is 1.10. The van der Waals surface area contributed by atoms with Crippen molar-refractivity contribution < 1.29 is 19.7 Å². The molecule has 1 fully saturated rings. The third kappa shape index (κ3) is 7.21. The monoisotopic (exact) mass is 421 g/mol. The standard InChI is InChI=1S/C25H43NO4/c1-6-7-8-9-20(27)10-11-21-22-15-18(14-19(22)16-23(21)28)17-30-13-12-24(29)26(5)25(2,3)4/h10-11,14,19-23,27-28H,6-9,12-13,15-17H2,1-5H3/t19-,20-,21+,22-,23+/m0/s1. The Morgan fingerprint density at radius 2 is 2.10 bits per heavy atom. The Kier molecular flexibility index (Phi) is 9.58. The highest BCUT2D eigenvalue weighted by molar-refractivity contribution is 5.76. The molecule has 5 nitrogen and oxygen atoms in total. The third-order valence-corrected chi connectivity index (χ3v) is 6.74. The summed E-state index contributed by atoms with van der Waals surface area (Å²) < 4.78 is 5.80. The SMILES string of the molecule is CCCCC[C@H](O)C=C[C@@H]1[C@H]2CC(COCCC(=O)N(C)C(C)(C)C)=C[C@H]2C[C@H]1O. The molecular formula is C25H43NO4. The maximum Gasteiger partial charge on any atom is 0.225 e. The summed E-state index contributed by atoms with van der Waals surface area (Å²) in [5.74, 6) is 0.989. The van der Waals surface area contributed by atoms with Crippen molar-refractivity contribution in [3.63, 3.8) is 0 Å². The normalized spacial score (nSPS) is 27.4. The number of aliphatic hydroxyl groups is 2. The summed E-state index contributed by atoms with van der Waals surface area (Å²) in [6, 6.07) is 0. The van der Waals surface area contributed by atoms with Gasteiger partial charge < -0.3 is 19.8 Å². The number of hydrogen-bond donors (Lipinski definition) is 2.